The van der Waals surface area contributed by atoms with Crippen LogP contribution in [0, 0.1) is 40.4 Å². The Morgan fingerprint density at radius 3 is 2.38 bits per heavy atom. The van der Waals surface area contributed by atoms with Gasteiger partial charge in [0, 0.05) is 16.5 Å². The molecule has 5 saturated carbocycles. The second kappa shape index (κ2) is 5.36. The van der Waals surface area contributed by atoms with E-state index in [0.717, 1.165) is 29.6 Å². The van der Waals surface area contributed by atoms with Gasteiger partial charge in [0.2, 0.25) is 0 Å². The molecule has 1 heterocycles. The molecule has 0 aromatic carbocycles. The van der Waals surface area contributed by atoms with E-state index in [1.165, 1.54) is 38.9 Å². The zero-order valence-electron chi connectivity index (χ0n) is 16.0. The number of hydrogen-bond acceptors (Lipinski definition) is 1. The van der Waals surface area contributed by atoms with E-state index in [1.54, 1.807) is 32.1 Å². The summed E-state index contributed by atoms with van der Waals surface area (Å²) < 4.78 is 0.685. The molecule has 6 fully saturated rings. The summed E-state index contributed by atoms with van der Waals surface area (Å²) in [6.07, 6.45) is 12.3. The van der Waals surface area contributed by atoms with Gasteiger partial charge in [-0.25, -0.2) is 0 Å². The van der Waals surface area contributed by atoms with Crippen molar-refractivity contribution in [2.24, 2.45) is 40.4 Å². The van der Waals surface area contributed by atoms with Gasteiger partial charge in [-0.1, -0.05) is 43.4 Å². The minimum Gasteiger partial charge on any atom is -0.302 e. The van der Waals surface area contributed by atoms with E-state index in [2.05, 4.69) is 48.3 Å². The number of likely N-dealkylation sites (tertiary alicyclic amines) is 1. The smallest absolute Gasteiger partial charge is 0.0259 e. The minimum atomic E-state index is 0.566. The van der Waals surface area contributed by atoms with Crippen LogP contribution in [0.4, 0.5) is 0 Å². The Morgan fingerprint density at radius 1 is 1.04 bits per heavy atom. The first-order chi connectivity index (χ1) is 11.3. The number of alkyl halides is 1. The maximum absolute atomic E-state index is 2.93. The van der Waals surface area contributed by atoms with Gasteiger partial charge < -0.3 is 4.90 Å². The van der Waals surface area contributed by atoms with Gasteiger partial charge >= 0.3 is 0 Å². The van der Waals surface area contributed by atoms with Gasteiger partial charge in [0.05, 0.1) is 0 Å². The predicted octanol–water partition coefficient (Wildman–Crippen LogP) is 5.76. The third kappa shape index (κ3) is 2.33. The van der Waals surface area contributed by atoms with Gasteiger partial charge in [-0.3, -0.25) is 0 Å². The van der Waals surface area contributed by atoms with Crippen LogP contribution in [0.2, 0.25) is 0 Å². The molecule has 1 saturated heterocycles. The molecular formula is C22H36IN. The summed E-state index contributed by atoms with van der Waals surface area (Å²) in [6.45, 7) is 11.8. The average Bonchev–Trinajstić information content (AvgIpc) is 2.61. The molecule has 0 N–H and O–H groups in total. The van der Waals surface area contributed by atoms with Gasteiger partial charge in [0.1, 0.15) is 0 Å². The molecule has 0 aromatic heterocycles. The lowest BCUT2D eigenvalue weighted by atomic mass is 9.51. The number of rotatable bonds is 3. The number of hydrogen-bond donors (Lipinski definition) is 0. The molecule has 6 bridgehead atoms. The van der Waals surface area contributed by atoms with E-state index in [9.17, 15) is 0 Å². The highest BCUT2D eigenvalue weighted by Crippen LogP contribution is 2.63. The van der Waals surface area contributed by atoms with E-state index in [1.807, 2.05) is 0 Å². The van der Waals surface area contributed by atoms with Crippen LogP contribution in [-0.2, 0) is 0 Å². The SMILES string of the molecule is CC1(C)C2CC[C@@]1(C)CN(CCC1C3CC4CC(C3)CC1(I)C4)C2. The van der Waals surface area contributed by atoms with E-state index in [4.69, 9.17) is 0 Å². The number of halogens is 1. The van der Waals surface area contributed by atoms with E-state index >= 15 is 0 Å². The van der Waals surface area contributed by atoms with Gasteiger partial charge in [-0.05, 0) is 98.3 Å². The molecule has 0 aromatic rings. The second-order valence-electron chi connectivity index (χ2n) is 11.3. The van der Waals surface area contributed by atoms with E-state index < -0.39 is 0 Å². The van der Waals surface area contributed by atoms with Gasteiger partial charge in [0.25, 0.3) is 0 Å². The van der Waals surface area contributed by atoms with Gasteiger partial charge in [0.15, 0.2) is 0 Å². The summed E-state index contributed by atoms with van der Waals surface area (Å²) in [5.41, 5.74) is 1.14. The number of nitrogens with zero attached hydrogens (tertiary/aromatic N) is 1. The van der Waals surface area contributed by atoms with Crippen molar-refractivity contribution in [1.29, 1.82) is 0 Å². The van der Waals surface area contributed by atoms with Crippen LogP contribution in [0.1, 0.15) is 72.1 Å². The molecule has 0 spiro atoms. The first-order valence-corrected chi connectivity index (χ1v) is 11.8. The summed E-state index contributed by atoms with van der Waals surface area (Å²) >= 11 is 2.93. The van der Waals surface area contributed by atoms with Crippen LogP contribution in [0.15, 0.2) is 0 Å². The fourth-order valence-electron chi connectivity index (χ4n) is 8.17. The molecule has 136 valence electrons. The predicted molar refractivity (Wildman–Crippen MR) is 109 cm³/mol. The van der Waals surface area contributed by atoms with Gasteiger partial charge in [-0.15, -0.1) is 0 Å². The monoisotopic (exact) mass is 441 g/mol. The van der Waals surface area contributed by atoms with Gasteiger partial charge in [-0.2, -0.15) is 0 Å². The Kier molecular flexibility index (Phi) is 3.76. The highest BCUT2D eigenvalue weighted by atomic mass is 127. The average molecular weight is 441 g/mol. The molecule has 6 rings (SSSR count). The molecule has 5 atom stereocenters. The maximum atomic E-state index is 2.93. The Hall–Kier alpha value is 0.690. The Bertz CT molecular complexity index is 514. The molecular weight excluding hydrogens is 405 g/mol. The highest BCUT2D eigenvalue weighted by molar-refractivity contribution is 14.1. The Labute approximate surface area is 162 Å². The molecule has 1 nitrogen and oxygen atoms in total. The van der Waals surface area contributed by atoms with Crippen molar-refractivity contribution >= 4 is 22.6 Å². The van der Waals surface area contributed by atoms with E-state index in [-0.39, 0.29) is 0 Å². The molecule has 0 radical (unpaired) electrons. The second-order valence-corrected chi connectivity index (χ2v) is 13.4. The topological polar surface area (TPSA) is 3.24 Å². The first-order valence-electron chi connectivity index (χ1n) is 10.7. The van der Waals surface area contributed by atoms with Crippen LogP contribution in [0.5, 0.6) is 0 Å². The van der Waals surface area contributed by atoms with Crippen molar-refractivity contribution < 1.29 is 0 Å². The zero-order chi connectivity index (χ0) is 16.7. The quantitative estimate of drug-likeness (QED) is 0.397. The first kappa shape index (κ1) is 16.8. The molecule has 24 heavy (non-hydrogen) atoms. The fraction of sp³-hybridized carbons (Fsp3) is 1.00. The summed E-state index contributed by atoms with van der Waals surface area (Å²) in [6, 6.07) is 0. The Morgan fingerprint density at radius 2 is 1.75 bits per heavy atom. The zero-order valence-corrected chi connectivity index (χ0v) is 18.1. The maximum Gasteiger partial charge on any atom is 0.0259 e. The number of fused-ring (bicyclic) bond motifs is 2. The van der Waals surface area contributed by atoms with Crippen molar-refractivity contribution in [2.45, 2.75) is 75.6 Å². The molecule has 1 aliphatic heterocycles. The van der Waals surface area contributed by atoms with Crippen LogP contribution in [0.25, 0.3) is 0 Å². The molecule has 2 heteroatoms. The lowest BCUT2D eigenvalue weighted by Gasteiger charge is -2.59. The fourth-order valence-corrected chi connectivity index (χ4v) is 10.2. The molecule has 5 aliphatic carbocycles. The lowest BCUT2D eigenvalue weighted by Crippen LogP contribution is -2.55. The summed E-state index contributed by atoms with van der Waals surface area (Å²) in [7, 11) is 0. The summed E-state index contributed by atoms with van der Waals surface area (Å²) in [5.74, 6) is 5.26. The highest BCUT2D eigenvalue weighted by Gasteiger charge is 2.57. The van der Waals surface area contributed by atoms with Crippen LogP contribution < -0.4 is 0 Å². The summed E-state index contributed by atoms with van der Waals surface area (Å²) in [4.78, 5) is 2.88. The van der Waals surface area contributed by atoms with Crippen molar-refractivity contribution in [3.63, 3.8) is 0 Å². The van der Waals surface area contributed by atoms with Crippen LogP contribution >= 0.6 is 22.6 Å². The molecule has 4 unspecified atom stereocenters. The van der Waals surface area contributed by atoms with Crippen LogP contribution in [0.3, 0.4) is 0 Å². The summed E-state index contributed by atoms with van der Waals surface area (Å²) in [5, 5.41) is 0. The standard InChI is InChI=1S/C22H36IN/c1-20(2)18-4-6-21(20,3)14-24(13-18)7-5-19-17-9-15-8-16(10-17)12-22(19,23)11-15/h15-19H,4-14H2,1-3H3/t15?,16?,17?,18?,19?,21-,22?/m0/s1. The minimum absolute atomic E-state index is 0.566. The third-order valence-electron chi connectivity index (χ3n) is 9.86. The Balaban J connectivity index is 1.26. The van der Waals surface area contributed by atoms with Crippen molar-refractivity contribution in [3.8, 4) is 0 Å². The molecule has 6 aliphatic rings. The largest absolute Gasteiger partial charge is 0.302 e. The third-order valence-corrected chi connectivity index (χ3v) is 11.5. The number of piperidine rings is 1. The van der Waals surface area contributed by atoms with Crippen molar-refractivity contribution in [3.05, 3.63) is 0 Å². The van der Waals surface area contributed by atoms with Crippen molar-refractivity contribution in [1.82, 2.24) is 4.90 Å². The van der Waals surface area contributed by atoms with Crippen molar-refractivity contribution in [2.75, 3.05) is 19.6 Å². The lowest BCUT2D eigenvalue weighted by molar-refractivity contribution is -0.0379. The van der Waals surface area contributed by atoms with E-state index in [0.29, 0.717) is 14.3 Å². The normalized spacial score (nSPS) is 55.2. The van der Waals surface area contributed by atoms with Crippen LogP contribution in [-0.4, -0.2) is 28.0 Å². The molecule has 0 amide bonds.